The highest BCUT2D eigenvalue weighted by Crippen LogP contribution is 2.26. The lowest BCUT2D eigenvalue weighted by Gasteiger charge is -2.35. The van der Waals surface area contributed by atoms with E-state index in [1.165, 1.54) is 161 Å². The van der Waals surface area contributed by atoms with Gasteiger partial charge in [-0.15, -0.1) is 0 Å². The molecule has 386 valence electrons. The Labute approximate surface area is 406 Å². The number of rotatable bonds is 50. The van der Waals surface area contributed by atoms with Gasteiger partial charge >= 0.3 is 11.9 Å². The predicted molar refractivity (Wildman–Crippen MR) is 281 cm³/mol. The molecule has 0 saturated carbocycles. The fourth-order valence-corrected chi connectivity index (χ4v) is 9.65. The van der Waals surface area contributed by atoms with Crippen LogP contribution in [0.25, 0.3) is 0 Å². The van der Waals surface area contributed by atoms with Gasteiger partial charge in [0.15, 0.2) is 0 Å². The Kier molecular flexibility index (Phi) is 46.2. The molecule has 0 saturated heterocycles. The number of nitrogens with zero attached hydrogens (tertiary/aromatic N) is 2. The number of ether oxygens (including phenoxy) is 2. The van der Waals surface area contributed by atoms with Gasteiger partial charge in [0.2, 0.25) is 5.91 Å². The van der Waals surface area contributed by atoms with Crippen LogP contribution in [0.3, 0.4) is 0 Å². The van der Waals surface area contributed by atoms with E-state index in [-0.39, 0.29) is 17.9 Å². The summed E-state index contributed by atoms with van der Waals surface area (Å²) >= 11 is 0. The maximum absolute atomic E-state index is 14.4. The molecule has 0 radical (unpaired) electrons. The summed E-state index contributed by atoms with van der Waals surface area (Å²) in [6.45, 7) is 16.6. The molecule has 0 aliphatic heterocycles. The first-order valence-electron chi connectivity index (χ1n) is 28.9. The molecule has 0 spiro atoms. The third-order valence-electron chi connectivity index (χ3n) is 14.1. The molecule has 0 N–H and O–H groups in total. The van der Waals surface area contributed by atoms with Crippen LogP contribution in [0, 0.1) is 17.8 Å². The molecule has 0 aliphatic carbocycles. The lowest BCUT2D eigenvalue weighted by Crippen LogP contribution is -2.45. The van der Waals surface area contributed by atoms with Crippen LogP contribution < -0.4 is 0 Å². The normalized spacial score (nSPS) is 13.5. The summed E-state index contributed by atoms with van der Waals surface area (Å²) in [5.41, 5.74) is 0. The number of carbonyl (C=O) groups is 3. The number of amides is 1. The van der Waals surface area contributed by atoms with E-state index < -0.39 is 0 Å². The molecule has 0 aromatic carbocycles. The monoisotopic (exact) mass is 919 g/mol. The van der Waals surface area contributed by atoms with Crippen molar-refractivity contribution < 1.29 is 23.9 Å². The van der Waals surface area contributed by atoms with Crippen molar-refractivity contribution in [3.63, 3.8) is 0 Å². The number of esters is 2. The highest BCUT2D eigenvalue weighted by atomic mass is 16.5. The second kappa shape index (κ2) is 47.4. The van der Waals surface area contributed by atoms with Crippen molar-refractivity contribution >= 4 is 17.8 Å². The van der Waals surface area contributed by atoms with Crippen molar-refractivity contribution in [1.82, 2.24) is 9.80 Å². The lowest BCUT2D eigenvalue weighted by molar-refractivity contribution is -0.146. The van der Waals surface area contributed by atoms with Gasteiger partial charge in [-0.3, -0.25) is 14.4 Å². The van der Waals surface area contributed by atoms with E-state index in [0.29, 0.717) is 49.8 Å². The maximum atomic E-state index is 14.4. The van der Waals surface area contributed by atoms with Crippen LogP contribution in [-0.2, 0) is 23.9 Å². The average molecular weight is 920 g/mol. The molecule has 0 fully saturated rings. The van der Waals surface area contributed by atoms with Crippen LogP contribution in [0.15, 0.2) is 0 Å². The zero-order valence-corrected chi connectivity index (χ0v) is 45.2. The fourth-order valence-electron chi connectivity index (χ4n) is 9.65. The smallest absolute Gasteiger partial charge is 0.305 e. The number of unbranched alkanes of at least 4 members (excludes halogenated alkanes) is 21. The summed E-state index contributed by atoms with van der Waals surface area (Å²) in [5, 5.41) is 0. The largest absolute Gasteiger partial charge is 0.465 e. The van der Waals surface area contributed by atoms with Crippen LogP contribution in [-0.4, -0.2) is 74.1 Å². The Balaban J connectivity index is 5.02. The van der Waals surface area contributed by atoms with Crippen LogP contribution in [0.4, 0.5) is 0 Å². The molecule has 0 heterocycles. The minimum absolute atomic E-state index is 0.00175. The maximum Gasteiger partial charge on any atom is 0.305 e. The first-order valence-corrected chi connectivity index (χ1v) is 28.9. The number of carbonyl (C=O) groups excluding carboxylic acids is 3. The van der Waals surface area contributed by atoms with E-state index in [1.54, 1.807) is 0 Å². The minimum Gasteiger partial charge on any atom is -0.465 e. The van der Waals surface area contributed by atoms with Crippen molar-refractivity contribution in [3.8, 4) is 0 Å². The van der Waals surface area contributed by atoms with Gasteiger partial charge < -0.3 is 19.3 Å². The van der Waals surface area contributed by atoms with Gasteiger partial charge in [0, 0.05) is 31.3 Å². The molecule has 0 aromatic rings. The van der Waals surface area contributed by atoms with Crippen LogP contribution >= 0.6 is 0 Å². The van der Waals surface area contributed by atoms with E-state index in [9.17, 15) is 14.4 Å². The van der Waals surface area contributed by atoms with Crippen molar-refractivity contribution in [2.24, 2.45) is 17.8 Å². The van der Waals surface area contributed by atoms with Gasteiger partial charge in [0.05, 0.1) is 13.2 Å². The number of hydrogen-bond acceptors (Lipinski definition) is 6. The molecule has 0 rings (SSSR count). The quantitative estimate of drug-likeness (QED) is 0.0447. The van der Waals surface area contributed by atoms with E-state index >= 15 is 0 Å². The van der Waals surface area contributed by atoms with Gasteiger partial charge in [-0.25, -0.2) is 0 Å². The molecule has 7 nitrogen and oxygen atoms in total. The van der Waals surface area contributed by atoms with Gasteiger partial charge in [-0.2, -0.15) is 0 Å². The minimum atomic E-state index is -0.00588. The van der Waals surface area contributed by atoms with E-state index in [4.69, 9.17) is 9.47 Å². The van der Waals surface area contributed by atoms with Crippen molar-refractivity contribution in [2.45, 2.75) is 298 Å². The summed E-state index contributed by atoms with van der Waals surface area (Å²) in [7, 11) is 4.28. The molecule has 4 unspecified atom stereocenters. The average Bonchev–Trinajstić information content (AvgIpc) is 3.30. The molecular weight excluding hydrogens is 805 g/mol. The summed E-state index contributed by atoms with van der Waals surface area (Å²) < 4.78 is 11.6. The summed E-state index contributed by atoms with van der Waals surface area (Å²) in [6.07, 6.45) is 44.4. The SMILES string of the molecule is CCCCCCC(CCCC)COC(=O)CCCCCCCCCC(CCCCCCCCC(=O)OCC(CCCC)CCCCCC)N(CCCN(C)C)C(=O)C(CC)CCCCC. The zero-order chi connectivity index (χ0) is 48.0. The van der Waals surface area contributed by atoms with Crippen molar-refractivity contribution in [1.29, 1.82) is 0 Å². The van der Waals surface area contributed by atoms with Gasteiger partial charge in [0.1, 0.15) is 0 Å². The second-order valence-corrected chi connectivity index (χ2v) is 20.7. The lowest BCUT2D eigenvalue weighted by atomic mass is 9.93. The molecular formula is C58H114N2O5. The fraction of sp³-hybridized carbons (Fsp3) is 0.948. The van der Waals surface area contributed by atoms with Crippen molar-refractivity contribution in [2.75, 3.05) is 40.4 Å². The predicted octanol–water partition coefficient (Wildman–Crippen LogP) is 17.0. The topological polar surface area (TPSA) is 76.2 Å². The molecule has 0 bridgehead atoms. The Morgan fingerprint density at radius 2 is 0.738 bits per heavy atom. The highest BCUT2D eigenvalue weighted by molar-refractivity contribution is 5.79. The first-order chi connectivity index (χ1) is 31.7. The highest BCUT2D eigenvalue weighted by Gasteiger charge is 2.28. The van der Waals surface area contributed by atoms with E-state index in [0.717, 1.165) is 90.1 Å². The molecule has 7 heteroatoms. The van der Waals surface area contributed by atoms with Crippen LogP contribution in [0.2, 0.25) is 0 Å². The standard InChI is InChI=1S/C58H114N2O5/c1-9-15-20-32-41-52(39-18-12-4)50-64-56(61)46-36-29-24-22-23-27-34-44-55(60(49-38-48-59(7)8)58(63)54(14-6)43-31-17-11-3)45-35-28-25-26-30-37-47-57(62)65-51-53(40-19-13-5)42-33-21-16-10-2/h52-55H,9-51H2,1-8H3. The zero-order valence-electron chi connectivity index (χ0n) is 45.2. The summed E-state index contributed by atoms with van der Waals surface area (Å²) in [6, 6.07) is 0.316. The van der Waals surface area contributed by atoms with E-state index in [1.807, 2.05) is 0 Å². The van der Waals surface area contributed by atoms with Gasteiger partial charge in [0.25, 0.3) is 0 Å². The molecule has 0 aromatic heterocycles. The first kappa shape index (κ1) is 63.4. The third kappa shape index (κ3) is 39.0. The third-order valence-corrected chi connectivity index (χ3v) is 14.1. The number of hydrogen-bond donors (Lipinski definition) is 0. The van der Waals surface area contributed by atoms with Crippen LogP contribution in [0.5, 0.6) is 0 Å². The molecule has 1 amide bonds. The molecule has 0 aliphatic rings. The van der Waals surface area contributed by atoms with E-state index in [2.05, 4.69) is 65.4 Å². The Morgan fingerprint density at radius 1 is 0.385 bits per heavy atom. The summed E-state index contributed by atoms with van der Waals surface area (Å²) in [4.78, 5) is 44.1. The molecule has 4 atom stereocenters. The molecule has 65 heavy (non-hydrogen) atoms. The van der Waals surface area contributed by atoms with Crippen LogP contribution in [0.1, 0.15) is 292 Å². The van der Waals surface area contributed by atoms with Gasteiger partial charge in [-0.05, 0) is 103 Å². The Hall–Kier alpha value is -1.63. The second-order valence-electron chi connectivity index (χ2n) is 20.7. The Morgan fingerprint density at radius 3 is 1.15 bits per heavy atom. The van der Waals surface area contributed by atoms with Gasteiger partial charge in [-0.1, -0.05) is 208 Å². The van der Waals surface area contributed by atoms with Crippen molar-refractivity contribution in [3.05, 3.63) is 0 Å². The summed E-state index contributed by atoms with van der Waals surface area (Å²) in [5.74, 6) is 1.59. The Bertz CT molecular complexity index is 1050.